The number of hydrogen-bond acceptors (Lipinski definition) is 6. The number of rotatable bonds is 4. The van der Waals surface area contributed by atoms with Gasteiger partial charge in [-0.25, -0.2) is 23.1 Å². The molecular weight excluding hydrogens is 287 g/mol. The summed E-state index contributed by atoms with van der Waals surface area (Å²) in [5.41, 5.74) is 0.220. The Kier molecular flexibility index (Phi) is 3.34. The molecule has 0 unspecified atom stereocenters. The number of fused-ring (bicyclic) bond motifs is 1. The van der Waals surface area contributed by atoms with Crippen molar-refractivity contribution in [1.82, 2.24) is 30.6 Å². The number of aromatic nitrogens is 6. The molecule has 0 aliphatic carbocycles. The van der Waals surface area contributed by atoms with Crippen LogP contribution in [0.25, 0.3) is 10.9 Å². The highest BCUT2D eigenvalue weighted by molar-refractivity contribution is 5.89. The van der Waals surface area contributed by atoms with E-state index >= 15 is 0 Å². The Morgan fingerprint density at radius 3 is 2.81 bits per heavy atom. The molecule has 0 fully saturated rings. The molecule has 0 amide bonds. The number of H-pyrrole nitrogens is 1. The Morgan fingerprint density at radius 1 is 1.24 bits per heavy atom. The zero-order valence-corrected chi connectivity index (χ0v) is 10.4. The summed E-state index contributed by atoms with van der Waals surface area (Å²) in [6.45, 7) is 0.0990. The van der Waals surface area contributed by atoms with Crippen molar-refractivity contribution in [3.8, 4) is 0 Å². The average Bonchev–Trinajstić information content (AvgIpc) is 2.97. The second-order valence-corrected chi connectivity index (χ2v) is 4.07. The Labute approximate surface area is 115 Å². The summed E-state index contributed by atoms with van der Waals surface area (Å²) in [5.74, 6) is -0.750. The van der Waals surface area contributed by atoms with Gasteiger partial charge in [0.1, 0.15) is 11.6 Å². The molecule has 3 rings (SSSR count). The van der Waals surface area contributed by atoms with Gasteiger partial charge in [-0.1, -0.05) is 5.21 Å². The van der Waals surface area contributed by atoms with Crippen molar-refractivity contribution in [1.29, 1.82) is 0 Å². The number of hydrogen-bond donors (Lipinski definition) is 2. The number of tetrazole rings is 1. The largest absolute Gasteiger partial charge is 0.362 e. The number of anilines is 1. The van der Waals surface area contributed by atoms with Crippen LogP contribution in [0, 0.1) is 5.82 Å². The van der Waals surface area contributed by atoms with E-state index in [2.05, 4.69) is 35.9 Å². The molecule has 0 atom stereocenters. The Balaban J connectivity index is 2.02. The molecule has 0 aliphatic rings. The maximum absolute atomic E-state index is 13.3. The third-order valence-corrected chi connectivity index (χ3v) is 2.67. The van der Waals surface area contributed by atoms with E-state index in [1.165, 1.54) is 12.1 Å². The van der Waals surface area contributed by atoms with Gasteiger partial charge in [0.2, 0.25) is 0 Å². The van der Waals surface area contributed by atoms with E-state index in [0.717, 1.165) is 6.07 Å². The van der Waals surface area contributed by atoms with Crippen molar-refractivity contribution < 1.29 is 13.2 Å². The molecule has 3 aromatic rings. The third-order valence-electron chi connectivity index (χ3n) is 2.67. The zero-order chi connectivity index (χ0) is 14.8. The van der Waals surface area contributed by atoms with Crippen molar-refractivity contribution in [3.05, 3.63) is 35.7 Å². The number of nitrogens with one attached hydrogen (secondary N) is 2. The second kappa shape index (κ2) is 5.31. The van der Waals surface area contributed by atoms with Crippen LogP contribution in [0.3, 0.4) is 0 Å². The topological polar surface area (TPSA) is 92.3 Å². The van der Waals surface area contributed by atoms with Gasteiger partial charge in [-0.15, -0.1) is 10.2 Å². The fraction of sp³-hybridized carbons (Fsp3) is 0.182. The van der Waals surface area contributed by atoms with Crippen LogP contribution in [0.15, 0.2) is 18.2 Å². The van der Waals surface area contributed by atoms with Gasteiger partial charge in [-0.3, -0.25) is 0 Å². The molecule has 0 aliphatic heterocycles. The van der Waals surface area contributed by atoms with Crippen molar-refractivity contribution in [3.63, 3.8) is 0 Å². The number of nitrogens with zero attached hydrogens (tertiary/aromatic N) is 5. The summed E-state index contributed by atoms with van der Waals surface area (Å²) in [5, 5.41) is 16.1. The predicted molar refractivity (Wildman–Crippen MR) is 66.0 cm³/mol. The van der Waals surface area contributed by atoms with Crippen LogP contribution in [0.2, 0.25) is 0 Å². The van der Waals surface area contributed by atoms with Crippen LogP contribution in [-0.4, -0.2) is 30.6 Å². The number of alkyl halides is 2. The summed E-state index contributed by atoms with van der Waals surface area (Å²) >= 11 is 0. The quantitative estimate of drug-likeness (QED) is 0.763. The lowest BCUT2D eigenvalue weighted by Gasteiger charge is -2.09. The Hall–Kier alpha value is -2.78. The average molecular weight is 295 g/mol. The number of halogens is 3. The first kappa shape index (κ1) is 13.2. The van der Waals surface area contributed by atoms with E-state index in [1.807, 2.05) is 0 Å². The lowest BCUT2D eigenvalue weighted by atomic mass is 10.2. The van der Waals surface area contributed by atoms with Crippen LogP contribution >= 0.6 is 0 Å². The minimum Gasteiger partial charge on any atom is -0.362 e. The van der Waals surface area contributed by atoms with Gasteiger partial charge in [-0.2, -0.15) is 5.21 Å². The van der Waals surface area contributed by atoms with E-state index in [0.29, 0.717) is 11.2 Å². The molecule has 2 heterocycles. The lowest BCUT2D eigenvalue weighted by molar-refractivity contribution is 0.141. The maximum atomic E-state index is 13.3. The molecule has 0 radical (unpaired) electrons. The van der Waals surface area contributed by atoms with Gasteiger partial charge in [0, 0.05) is 5.39 Å². The first-order chi connectivity index (χ1) is 10.1. The van der Waals surface area contributed by atoms with E-state index < -0.39 is 18.1 Å². The molecule has 7 nitrogen and oxygen atoms in total. The summed E-state index contributed by atoms with van der Waals surface area (Å²) < 4.78 is 38.9. The molecule has 10 heteroatoms. The summed E-state index contributed by atoms with van der Waals surface area (Å²) in [4.78, 5) is 7.42. The van der Waals surface area contributed by atoms with Crippen LogP contribution < -0.4 is 5.32 Å². The van der Waals surface area contributed by atoms with Crippen LogP contribution in [0.4, 0.5) is 19.0 Å². The van der Waals surface area contributed by atoms with Crippen molar-refractivity contribution >= 4 is 16.7 Å². The third kappa shape index (κ3) is 2.73. The van der Waals surface area contributed by atoms with Crippen LogP contribution in [0.1, 0.15) is 18.1 Å². The van der Waals surface area contributed by atoms with E-state index in [9.17, 15) is 13.2 Å². The lowest BCUT2D eigenvalue weighted by Crippen LogP contribution is -2.07. The van der Waals surface area contributed by atoms with Crippen molar-refractivity contribution in [2.75, 3.05) is 5.32 Å². The summed E-state index contributed by atoms with van der Waals surface area (Å²) in [6, 6.07) is 3.63. The first-order valence-corrected chi connectivity index (χ1v) is 5.85. The second-order valence-electron chi connectivity index (χ2n) is 4.07. The van der Waals surface area contributed by atoms with Crippen molar-refractivity contribution in [2.24, 2.45) is 0 Å². The highest BCUT2D eigenvalue weighted by Crippen LogP contribution is 2.25. The van der Waals surface area contributed by atoms with Crippen LogP contribution in [-0.2, 0) is 6.54 Å². The van der Waals surface area contributed by atoms with E-state index in [-0.39, 0.29) is 17.9 Å². The first-order valence-electron chi connectivity index (χ1n) is 5.85. The Morgan fingerprint density at radius 2 is 2.10 bits per heavy atom. The van der Waals surface area contributed by atoms with E-state index in [4.69, 9.17) is 0 Å². The summed E-state index contributed by atoms with van der Waals surface area (Å²) in [7, 11) is 0. The highest BCUT2D eigenvalue weighted by Gasteiger charge is 2.16. The molecule has 2 aromatic heterocycles. The smallest absolute Gasteiger partial charge is 0.297 e. The van der Waals surface area contributed by atoms with Gasteiger partial charge in [0.15, 0.2) is 11.6 Å². The monoisotopic (exact) mass is 295 g/mol. The van der Waals surface area contributed by atoms with Gasteiger partial charge in [0.25, 0.3) is 6.43 Å². The molecule has 21 heavy (non-hydrogen) atoms. The van der Waals surface area contributed by atoms with Gasteiger partial charge in [0.05, 0.1) is 12.1 Å². The molecule has 0 saturated heterocycles. The molecule has 1 aromatic carbocycles. The zero-order valence-electron chi connectivity index (χ0n) is 10.4. The van der Waals surface area contributed by atoms with Gasteiger partial charge < -0.3 is 5.32 Å². The SMILES string of the molecule is Fc1ccc2nc(C(F)F)nc(NCc3nn[nH]n3)c2c1. The fourth-order valence-corrected chi connectivity index (χ4v) is 1.77. The normalized spacial score (nSPS) is 11.2. The molecular formula is C11H8F3N7. The summed E-state index contributed by atoms with van der Waals surface area (Å²) in [6.07, 6.45) is -2.83. The fourth-order valence-electron chi connectivity index (χ4n) is 1.77. The van der Waals surface area contributed by atoms with E-state index in [1.54, 1.807) is 0 Å². The van der Waals surface area contributed by atoms with Gasteiger partial charge in [-0.05, 0) is 18.2 Å². The molecule has 108 valence electrons. The van der Waals surface area contributed by atoms with Crippen molar-refractivity contribution in [2.45, 2.75) is 13.0 Å². The standard InChI is InChI=1S/C11H8F3N7/c12-5-1-2-7-6(3-5)10(17-11(16-7)9(13)14)15-4-8-18-20-21-19-8/h1-3,9H,4H2,(H,15,16,17)(H,18,19,20,21). The molecule has 0 bridgehead atoms. The van der Waals surface area contributed by atoms with Crippen LogP contribution in [0.5, 0.6) is 0 Å². The molecule has 0 saturated carbocycles. The molecule has 2 N–H and O–H groups in total. The minimum atomic E-state index is -2.83. The maximum Gasteiger partial charge on any atom is 0.297 e. The predicted octanol–water partition coefficient (Wildman–Crippen LogP) is 1.83. The Bertz CT molecular complexity index is 760. The minimum absolute atomic E-state index is 0.0830. The molecule has 0 spiro atoms. The number of aromatic amines is 1. The highest BCUT2D eigenvalue weighted by atomic mass is 19.3. The van der Waals surface area contributed by atoms with Gasteiger partial charge >= 0.3 is 0 Å². The number of benzene rings is 1.